The van der Waals surface area contributed by atoms with Gasteiger partial charge in [0, 0.05) is 24.0 Å². The monoisotopic (exact) mass is 405 g/mol. The summed E-state index contributed by atoms with van der Waals surface area (Å²) < 4.78 is 9.16. The summed E-state index contributed by atoms with van der Waals surface area (Å²) in [7, 11) is 1.63. The van der Waals surface area contributed by atoms with Gasteiger partial charge in [-0.3, -0.25) is 4.68 Å². The van der Waals surface area contributed by atoms with E-state index in [4.69, 9.17) is 20.6 Å². The number of hydrogen-bond acceptors (Lipinski definition) is 6. The van der Waals surface area contributed by atoms with Gasteiger partial charge in [0.05, 0.1) is 12.8 Å². The van der Waals surface area contributed by atoms with Crippen molar-refractivity contribution in [1.29, 1.82) is 0 Å². The van der Waals surface area contributed by atoms with Crippen molar-refractivity contribution >= 4 is 22.5 Å². The molecule has 0 aliphatic heterocycles. The fourth-order valence-corrected chi connectivity index (χ4v) is 4.39. The Labute approximate surface area is 175 Å². The topological polar surface area (TPSA) is 96.1 Å². The van der Waals surface area contributed by atoms with E-state index in [9.17, 15) is 0 Å². The maximum absolute atomic E-state index is 6.16. The van der Waals surface area contributed by atoms with Crippen LogP contribution < -0.4 is 10.5 Å². The predicted molar refractivity (Wildman–Crippen MR) is 116 cm³/mol. The second-order valence-electron chi connectivity index (χ2n) is 8.41. The van der Waals surface area contributed by atoms with Gasteiger partial charge in [-0.1, -0.05) is 6.07 Å². The van der Waals surface area contributed by atoms with E-state index in [0.29, 0.717) is 29.2 Å². The number of benzene rings is 1. The molecule has 2 N–H and O–H groups in total. The summed E-state index contributed by atoms with van der Waals surface area (Å²) in [5.41, 5.74) is 10.3. The number of ether oxygens (including phenoxy) is 1. The highest BCUT2D eigenvalue weighted by atomic mass is 16.5. The average Bonchev–Trinajstić information content (AvgIpc) is 3.36. The Morgan fingerprint density at radius 1 is 1.23 bits per heavy atom. The minimum absolute atomic E-state index is 0.323. The summed E-state index contributed by atoms with van der Waals surface area (Å²) in [6, 6.07) is 6.20. The lowest BCUT2D eigenvalue weighted by Crippen LogP contribution is -2.14. The van der Waals surface area contributed by atoms with Gasteiger partial charge in [-0.25, -0.2) is 9.97 Å². The Morgan fingerprint density at radius 2 is 2.10 bits per heavy atom. The minimum atomic E-state index is 0.323. The Hall–Kier alpha value is -3.16. The maximum atomic E-state index is 6.16. The molecule has 5 rings (SSSR count). The van der Waals surface area contributed by atoms with Crippen LogP contribution in [0.15, 0.2) is 24.4 Å². The molecule has 1 atom stereocenters. The molecule has 0 saturated heterocycles. The van der Waals surface area contributed by atoms with Crippen LogP contribution >= 0.6 is 0 Å². The summed E-state index contributed by atoms with van der Waals surface area (Å²) in [5, 5.41) is 10.3. The van der Waals surface area contributed by atoms with Crippen molar-refractivity contribution in [3.63, 3.8) is 0 Å². The van der Waals surface area contributed by atoms with Crippen LogP contribution in [0.4, 0.5) is 5.95 Å². The number of nitrogen functional groups attached to an aromatic ring is 1. The standard InChI is InChI=1S/C22H27N7O/c1-13(2)28-12-15-11-14(7-9-17(15)26-28)8-10-19-24-21-16-5-4-6-18(30-3)20(16)25-22(23)29(21)27-19/h4-6,12-14H,7-11H2,1-3H3,(H2,23,25)/t14-/m0/s1. The number of nitrogens with two attached hydrogens (primary N) is 1. The molecule has 0 bridgehead atoms. The van der Waals surface area contributed by atoms with E-state index in [1.807, 2.05) is 18.2 Å². The number of rotatable bonds is 5. The summed E-state index contributed by atoms with van der Waals surface area (Å²) in [6.07, 6.45) is 7.40. The van der Waals surface area contributed by atoms with E-state index in [0.717, 1.165) is 42.5 Å². The first kappa shape index (κ1) is 18.8. The molecule has 0 saturated carbocycles. The van der Waals surface area contributed by atoms with Crippen LogP contribution in [0.2, 0.25) is 0 Å². The molecule has 8 heteroatoms. The third-order valence-corrected chi connectivity index (χ3v) is 6.05. The van der Waals surface area contributed by atoms with Gasteiger partial charge in [0.1, 0.15) is 11.3 Å². The molecule has 8 nitrogen and oxygen atoms in total. The molecule has 156 valence electrons. The zero-order chi connectivity index (χ0) is 20.8. The van der Waals surface area contributed by atoms with Crippen LogP contribution in [0.1, 0.15) is 49.8 Å². The zero-order valence-corrected chi connectivity index (χ0v) is 17.7. The molecule has 0 unspecified atom stereocenters. The van der Waals surface area contributed by atoms with Crippen molar-refractivity contribution in [2.24, 2.45) is 5.92 Å². The van der Waals surface area contributed by atoms with Crippen LogP contribution in [-0.4, -0.2) is 36.5 Å². The molecule has 3 aromatic heterocycles. The number of para-hydroxylation sites is 1. The minimum Gasteiger partial charge on any atom is -0.494 e. The number of fused-ring (bicyclic) bond motifs is 4. The molecule has 0 fully saturated rings. The van der Waals surface area contributed by atoms with Crippen molar-refractivity contribution in [2.75, 3.05) is 12.8 Å². The third-order valence-electron chi connectivity index (χ3n) is 6.05. The van der Waals surface area contributed by atoms with Crippen LogP contribution in [0.3, 0.4) is 0 Å². The van der Waals surface area contributed by atoms with E-state index in [1.54, 1.807) is 11.6 Å². The molecular formula is C22H27N7O. The zero-order valence-electron chi connectivity index (χ0n) is 17.7. The highest BCUT2D eigenvalue weighted by Gasteiger charge is 2.23. The Kier molecular flexibility index (Phi) is 4.56. The molecule has 0 amide bonds. The Bertz CT molecular complexity index is 1220. The van der Waals surface area contributed by atoms with Crippen molar-refractivity contribution in [1.82, 2.24) is 29.4 Å². The fraction of sp³-hybridized carbons (Fsp3) is 0.455. The first-order valence-corrected chi connectivity index (χ1v) is 10.6. The smallest absolute Gasteiger partial charge is 0.223 e. The molecule has 0 radical (unpaired) electrons. The van der Waals surface area contributed by atoms with Crippen LogP contribution in [0, 0.1) is 5.92 Å². The van der Waals surface area contributed by atoms with E-state index < -0.39 is 0 Å². The number of methoxy groups -OCH3 is 1. The molecule has 1 aliphatic carbocycles. The number of hydrogen-bond donors (Lipinski definition) is 1. The van der Waals surface area contributed by atoms with Gasteiger partial charge in [0.2, 0.25) is 5.95 Å². The SMILES string of the molecule is COc1cccc2c1nc(N)n1nc(CC[C@@H]3CCc4nn(C(C)C)cc4C3)nc21. The lowest BCUT2D eigenvalue weighted by atomic mass is 9.85. The number of nitrogens with zero attached hydrogens (tertiary/aromatic N) is 6. The number of anilines is 1. The molecule has 30 heavy (non-hydrogen) atoms. The van der Waals surface area contributed by atoms with Gasteiger partial charge in [0.25, 0.3) is 0 Å². The van der Waals surface area contributed by atoms with Crippen molar-refractivity contribution < 1.29 is 4.74 Å². The number of aromatic nitrogens is 6. The normalized spacial score (nSPS) is 16.5. The summed E-state index contributed by atoms with van der Waals surface area (Å²) >= 11 is 0. The van der Waals surface area contributed by atoms with Gasteiger partial charge in [-0.05, 0) is 63.1 Å². The average molecular weight is 406 g/mol. The van der Waals surface area contributed by atoms with Gasteiger partial charge in [0.15, 0.2) is 11.5 Å². The second-order valence-corrected chi connectivity index (χ2v) is 8.41. The maximum Gasteiger partial charge on any atom is 0.223 e. The summed E-state index contributed by atoms with van der Waals surface area (Å²) in [5.74, 6) is 2.44. The van der Waals surface area contributed by atoms with Gasteiger partial charge < -0.3 is 10.5 Å². The quantitative estimate of drug-likeness (QED) is 0.547. The lowest BCUT2D eigenvalue weighted by Gasteiger charge is -2.20. The molecule has 4 aromatic rings. The first-order chi connectivity index (χ1) is 14.5. The number of aryl methyl sites for hydroxylation is 2. The van der Waals surface area contributed by atoms with E-state index in [2.05, 4.69) is 34.8 Å². The van der Waals surface area contributed by atoms with Gasteiger partial charge >= 0.3 is 0 Å². The second kappa shape index (κ2) is 7.27. The molecule has 1 aliphatic rings. The largest absolute Gasteiger partial charge is 0.494 e. The van der Waals surface area contributed by atoms with Gasteiger partial charge in [-0.2, -0.15) is 9.61 Å². The summed E-state index contributed by atoms with van der Waals surface area (Å²) in [6.45, 7) is 4.34. The highest BCUT2D eigenvalue weighted by molar-refractivity contribution is 5.95. The van der Waals surface area contributed by atoms with Crippen LogP contribution in [-0.2, 0) is 19.3 Å². The molecular weight excluding hydrogens is 378 g/mol. The van der Waals surface area contributed by atoms with Crippen molar-refractivity contribution in [3.05, 3.63) is 41.5 Å². The highest BCUT2D eigenvalue weighted by Crippen LogP contribution is 2.30. The lowest BCUT2D eigenvalue weighted by molar-refractivity contribution is 0.419. The van der Waals surface area contributed by atoms with E-state index >= 15 is 0 Å². The van der Waals surface area contributed by atoms with Crippen molar-refractivity contribution in [2.45, 2.75) is 52.0 Å². The fourth-order valence-electron chi connectivity index (χ4n) is 4.39. The first-order valence-electron chi connectivity index (χ1n) is 10.6. The molecule has 3 heterocycles. The Morgan fingerprint density at radius 3 is 2.90 bits per heavy atom. The van der Waals surface area contributed by atoms with E-state index in [-0.39, 0.29) is 0 Å². The van der Waals surface area contributed by atoms with Crippen LogP contribution in [0.5, 0.6) is 5.75 Å². The van der Waals surface area contributed by atoms with Crippen molar-refractivity contribution in [3.8, 4) is 5.75 Å². The van der Waals surface area contributed by atoms with Gasteiger partial charge in [-0.15, -0.1) is 5.10 Å². The Balaban J connectivity index is 1.37. The van der Waals surface area contributed by atoms with E-state index in [1.165, 1.54) is 17.7 Å². The summed E-state index contributed by atoms with van der Waals surface area (Å²) in [4.78, 5) is 9.28. The van der Waals surface area contributed by atoms with Crippen LogP contribution in [0.25, 0.3) is 16.6 Å². The molecule has 1 aromatic carbocycles. The third kappa shape index (κ3) is 3.16. The predicted octanol–water partition coefficient (Wildman–Crippen LogP) is 3.38. The molecule has 0 spiro atoms.